The Balaban J connectivity index is 1.57. The number of anilines is 1. The van der Waals surface area contributed by atoms with Crippen LogP contribution in [0.4, 0.5) is 5.69 Å². The summed E-state index contributed by atoms with van der Waals surface area (Å²) in [6.45, 7) is 2.40. The second-order valence-corrected chi connectivity index (χ2v) is 8.30. The molecule has 0 saturated carbocycles. The van der Waals surface area contributed by atoms with Crippen LogP contribution in [0.2, 0.25) is 5.02 Å². The summed E-state index contributed by atoms with van der Waals surface area (Å²) >= 11 is 6.32. The lowest BCUT2D eigenvalue weighted by Gasteiger charge is -2.22. The Hall–Kier alpha value is -3.71. The molecule has 1 N–H and O–H groups in total. The van der Waals surface area contributed by atoms with Crippen molar-refractivity contribution in [1.82, 2.24) is 4.90 Å². The number of rotatable bonds is 6. The minimum atomic E-state index is -0.643. The summed E-state index contributed by atoms with van der Waals surface area (Å²) in [5.41, 5.74) is 2.65. The monoisotopic (exact) mass is 480 g/mol. The molecule has 1 heterocycles. The van der Waals surface area contributed by atoms with Crippen LogP contribution in [0.3, 0.4) is 0 Å². The Morgan fingerprint density at radius 1 is 1.09 bits per heavy atom. The largest absolute Gasteiger partial charge is 0.493 e. The number of fused-ring (bicyclic) bond motifs is 1. The zero-order valence-electron chi connectivity index (χ0n) is 19.1. The topological polar surface area (TPSA) is 77.1 Å². The van der Waals surface area contributed by atoms with Crippen LogP contribution >= 0.6 is 11.6 Å². The van der Waals surface area contributed by atoms with E-state index in [0.717, 1.165) is 11.1 Å². The van der Waals surface area contributed by atoms with Crippen molar-refractivity contribution in [1.29, 1.82) is 0 Å². The van der Waals surface area contributed by atoms with Gasteiger partial charge in [-0.1, -0.05) is 29.8 Å². The second-order valence-electron chi connectivity index (χ2n) is 7.89. The van der Waals surface area contributed by atoms with Gasteiger partial charge in [-0.25, -0.2) is 0 Å². The van der Waals surface area contributed by atoms with Crippen LogP contribution in [0.15, 0.2) is 60.7 Å². The molecule has 3 aromatic carbocycles. The molecule has 0 saturated heterocycles. The highest BCUT2D eigenvalue weighted by atomic mass is 35.5. The van der Waals surface area contributed by atoms with Gasteiger partial charge in [0.25, 0.3) is 11.8 Å². The van der Waals surface area contributed by atoms with Gasteiger partial charge < -0.3 is 24.4 Å². The van der Waals surface area contributed by atoms with E-state index in [1.165, 1.54) is 14.2 Å². The van der Waals surface area contributed by atoms with Crippen LogP contribution in [-0.2, 0) is 17.9 Å². The van der Waals surface area contributed by atoms with Gasteiger partial charge in [-0.05, 0) is 55.0 Å². The number of amides is 2. The predicted molar refractivity (Wildman–Crippen MR) is 130 cm³/mol. The van der Waals surface area contributed by atoms with Crippen LogP contribution in [-0.4, -0.2) is 37.0 Å². The predicted octanol–water partition coefficient (Wildman–Crippen LogP) is 4.92. The molecule has 1 unspecified atom stereocenters. The van der Waals surface area contributed by atoms with Crippen molar-refractivity contribution in [2.75, 3.05) is 19.5 Å². The van der Waals surface area contributed by atoms with Gasteiger partial charge in [0.05, 0.1) is 14.2 Å². The number of hydrogen-bond acceptors (Lipinski definition) is 5. The van der Waals surface area contributed by atoms with Gasteiger partial charge >= 0.3 is 0 Å². The van der Waals surface area contributed by atoms with Crippen molar-refractivity contribution in [3.8, 4) is 17.2 Å². The maximum absolute atomic E-state index is 13.0. The van der Waals surface area contributed by atoms with Crippen LogP contribution < -0.4 is 19.5 Å². The Bertz CT molecular complexity index is 1230. The molecule has 0 bridgehead atoms. The summed E-state index contributed by atoms with van der Waals surface area (Å²) in [5, 5.41) is 3.50. The average Bonchev–Trinajstić information content (AvgIpc) is 2.96. The lowest BCUT2D eigenvalue weighted by molar-refractivity contribution is -0.138. The third-order valence-electron chi connectivity index (χ3n) is 5.61. The minimum absolute atomic E-state index is 0.132. The van der Waals surface area contributed by atoms with Crippen molar-refractivity contribution in [2.24, 2.45) is 0 Å². The highest BCUT2D eigenvalue weighted by Crippen LogP contribution is 2.31. The smallest absolute Gasteiger partial charge is 0.263 e. The van der Waals surface area contributed by atoms with E-state index >= 15 is 0 Å². The molecule has 0 spiro atoms. The SMILES string of the molecule is COc1ccc(C(=O)Nc2ccc3c(c2)CN(Cc2ccccc2Cl)C(=O)C(C)O3)cc1OC. The summed E-state index contributed by atoms with van der Waals surface area (Å²) in [4.78, 5) is 27.5. The molecule has 1 aliphatic rings. The van der Waals surface area contributed by atoms with Gasteiger partial charge in [0, 0.05) is 34.9 Å². The van der Waals surface area contributed by atoms with E-state index in [1.54, 1.807) is 48.2 Å². The number of nitrogens with zero attached hydrogens (tertiary/aromatic N) is 1. The maximum atomic E-state index is 13.0. The molecular weight excluding hydrogens is 456 g/mol. The summed E-state index contributed by atoms with van der Waals surface area (Å²) in [6.07, 6.45) is -0.643. The fourth-order valence-corrected chi connectivity index (χ4v) is 4.02. The quantitative estimate of drug-likeness (QED) is 0.542. The van der Waals surface area contributed by atoms with Crippen molar-refractivity contribution >= 4 is 29.1 Å². The maximum Gasteiger partial charge on any atom is 0.263 e. The van der Waals surface area contributed by atoms with E-state index in [-0.39, 0.29) is 11.8 Å². The highest BCUT2D eigenvalue weighted by molar-refractivity contribution is 6.31. The lowest BCUT2D eigenvalue weighted by atomic mass is 10.1. The Labute approximate surface area is 203 Å². The Morgan fingerprint density at radius 3 is 2.59 bits per heavy atom. The van der Waals surface area contributed by atoms with Crippen LogP contribution in [0.25, 0.3) is 0 Å². The van der Waals surface area contributed by atoms with Gasteiger partial charge in [0.15, 0.2) is 17.6 Å². The molecule has 8 heteroatoms. The first-order valence-electron chi connectivity index (χ1n) is 10.7. The highest BCUT2D eigenvalue weighted by Gasteiger charge is 2.28. The van der Waals surface area contributed by atoms with E-state index in [9.17, 15) is 9.59 Å². The van der Waals surface area contributed by atoms with Crippen LogP contribution in [0.1, 0.15) is 28.4 Å². The average molecular weight is 481 g/mol. The number of halogens is 1. The van der Waals surface area contributed by atoms with Gasteiger partial charge in [-0.15, -0.1) is 0 Å². The normalized spacial score (nSPS) is 15.1. The minimum Gasteiger partial charge on any atom is -0.493 e. The molecule has 1 aliphatic heterocycles. The number of hydrogen-bond donors (Lipinski definition) is 1. The number of carbonyl (C=O) groups excluding carboxylic acids is 2. The summed E-state index contributed by atoms with van der Waals surface area (Å²) in [5.74, 6) is 1.18. The van der Waals surface area contributed by atoms with Crippen LogP contribution in [0, 0.1) is 0 Å². The standard InChI is InChI=1S/C26H25ClN2O5/c1-16-26(31)29(14-18-6-4-5-7-21(18)27)15-19-12-20(9-11-22(19)34-16)28-25(30)17-8-10-23(32-2)24(13-17)33-3/h4-13,16H,14-15H2,1-3H3,(H,28,30). The summed E-state index contributed by atoms with van der Waals surface area (Å²) in [7, 11) is 3.05. The Kier molecular flexibility index (Phi) is 6.93. The van der Waals surface area contributed by atoms with E-state index in [4.69, 9.17) is 25.8 Å². The molecule has 34 heavy (non-hydrogen) atoms. The van der Waals surface area contributed by atoms with Crippen molar-refractivity contribution in [3.05, 3.63) is 82.4 Å². The first-order chi connectivity index (χ1) is 16.4. The van der Waals surface area contributed by atoms with Gasteiger partial charge in [-0.3, -0.25) is 9.59 Å². The third-order valence-corrected chi connectivity index (χ3v) is 5.98. The molecule has 7 nitrogen and oxygen atoms in total. The van der Waals surface area contributed by atoms with Gasteiger partial charge in [0.1, 0.15) is 5.75 Å². The number of carbonyl (C=O) groups is 2. The van der Waals surface area contributed by atoms with Crippen LogP contribution in [0.5, 0.6) is 17.2 Å². The second kappa shape index (κ2) is 10.1. The fraction of sp³-hybridized carbons (Fsp3) is 0.231. The zero-order chi connectivity index (χ0) is 24.2. The molecule has 3 aromatic rings. The summed E-state index contributed by atoms with van der Waals surface area (Å²) in [6, 6.07) is 17.7. The number of methoxy groups -OCH3 is 2. The van der Waals surface area contributed by atoms with E-state index < -0.39 is 6.10 Å². The Morgan fingerprint density at radius 2 is 1.85 bits per heavy atom. The summed E-state index contributed by atoms with van der Waals surface area (Å²) < 4.78 is 16.4. The van der Waals surface area contributed by atoms with E-state index in [2.05, 4.69) is 5.32 Å². The lowest BCUT2D eigenvalue weighted by Crippen LogP contribution is -2.37. The first-order valence-corrected chi connectivity index (χ1v) is 11.1. The third kappa shape index (κ3) is 4.94. The molecular formula is C26H25ClN2O5. The van der Waals surface area contributed by atoms with E-state index in [0.29, 0.717) is 46.6 Å². The number of nitrogens with one attached hydrogen (secondary N) is 1. The zero-order valence-corrected chi connectivity index (χ0v) is 19.9. The molecule has 0 fully saturated rings. The van der Waals surface area contributed by atoms with Crippen molar-refractivity contribution in [3.63, 3.8) is 0 Å². The van der Waals surface area contributed by atoms with Gasteiger partial charge in [0.2, 0.25) is 0 Å². The van der Waals surface area contributed by atoms with Gasteiger partial charge in [-0.2, -0.15) is 0 Å². The van der Waals surface area contributed by atoms with Crippen molar-refractivity contribution in [2.45, 2.75) is 26.1 Å². The first kappa shape index (κ1) is 23.4. The van der Waals surface area contributed by atoms with Crippen molar-refractivity contribution < 1.29 is 23.8 Å². The molecule has 176 valence electrons. The molecule has 0 radical (unpaired) electrons. The molecule has 0 aliphatic carbocycles. The number of benzene rings is 3. The number of ether oxygens (including phenoxy) is 3. The fourth-order valence-electron chi connectivity index (χ4n) is 3.82. The van der Waals surface area contributed by atoms with E-state index in [1.807, 2.05) is 24.3 Å². The molecule has 1 atom stereocenters. The molecule has 0 aromatic heterocycles. The molecule has 4 rings (SSSR count). The molecule has 2 amide bonds.